The summed E-state index contributed by atoms with van der Waals surface area (Å²) in [6.07, 6.45) is 17.3. The lowest BCUT2D eigenvalue weighted by Crippen LogP contribution is -2.02. The maximum atomic E-state index is 5.39. The number of hydrogen-bond acceptors (Lipinski definition) is 2. The predicted molar refractivity (Wildman–Crippen MR) is 149 cm³/mol. The number of aryl methyl sites for hydroxylation is 1. The van der Waals surface area contributed by atoms with E-state index in [9.17, 15) is 0 Å². The highest BCUT2D eigenvalue weighted by Crippen LogP contribution is 2.38. The summed E-state index contributed by atoms with van der Waals surface area (Å²) in [5, 5.41) is 3.57. The van der Waals surface area contributed by atoms with Crippen molar-refractivity contribution in [3.8, 4) is 5.82 Å². The minimum atomic E-state index is 0.959. The van der Waals surface area contributed by atoms with Crippen LogP contribution in [0.15, 0.2) is 91.2 Å². The molecule has 4 heterocycles. The smallest absolute Gasteiger partial charge is 0.146 e. The maximum absolute atomic E-state index is 5.39. The van der Waals surface area contributed by atoms with E-state index in [1.165, 1.54) is 33.1 Å². The molecule has 2 aliphatic rings. The zero-order valence-electron chi connectivity index (χ0n) is 19.9. The zero-order chi connectivity index (χ0) is 23.6. The molecule has 8 rings (SSSR count). The van der Waals surface area contributed by atoms with Crippen molar-refractivity contribution >= 4 is 55.6 Å². The molecule has 4 aromatic heterocycles. The van der Waals surface area contributed by atoms with Crippen molar-refractivity contribution in [3.63, 3.8) is 0 Å². The summed E-state index contributed by atoms with van der Waals surface area (Å²) >= 11 is 0. The molecule has 172 valence electrons. The summed E-state index contributed by atoms with van der Waals surface area (Å²) in [4.78, 5) is 10.3. The molecule has 0 saturated carbocycles. The SMILES string of the molecule is C1=CCCC(n2c3ccccc3c3cc4c(nc32)c2ccccc2n4-c2cc3c(cn2)C=CCC3)=C1. The molecule has 0 amide bonds. The van der Waals surface area contributed by atoms with Crippen molar-refractivity contribution in [2.45, 2.75) is 25.7 Å². The lowest BCUT2D eigenvalue weighted by Gasteiger charge is -2.14. The van der Waals surface area contributed by atoms with Gasteiger partial charge in [-0.3, -0.25) is 9.13 Å². The minimum absolute atomic E-state index is 0.959. The molecule has 0 radical (unpaired) electrons. The van der Waals surface area contributed by atoms with E-state index in [2.05, 4.69) is 100 Å². The fourth-order valence-corrected chi connectivity index (χ4v) is 5.99. The molecule has 0 saturated heterocycles. The van der Waals surface area contributed by atoms with Gasteiger partial charge >= 0.3 is 0 Å². The lowest BCUT2D eigenvalue weighted by molar-refractivity contribution is 0.960. The summed E-state index contributed by atoms with van der Waals surface area (Å²) in [7, 11) is 0. The summed E-state index contributed by atoms with van der Waals surface area (Å²) in [5.41, 5.74) is 9.38. The Morgan fingerprint density at radius 1 is 0.722 bits per heavy atom. The second-order valence-corrected chi connectivity index (χ2v) is 9.74. The van der Waals surface area contributed by atoms with Crippen molar-refractivity contribution in [2.24, 2.45) is 0 Å². The van der Waals surface area contributed by atoms with Gasteiger partial charge < -0.3 is 0 Å². The first kappa shape index (κ1) is 19.8. The molecule has 0 bridgehead atoms. The predicted octanol–water partition coefficient (Wildman–Crippen LogP) is 7.83. The summed E-state index contributed by atoms with van der Waals surface area (Å²) < 4.78 is 4.66. The Bertz CT molecular complexity index is 1940. The first-order chi connectivity index (χ1) is 17.9. The second-order valence-electron chi connectivity index (χ2n) is 9.74. The van der Waals surface area contributed by atoms with Gasteiger partial charge in [-0.15, -0.1) is 0 Å². The number of para-hydroxylation sites is 2. The Morgan fingerprint density at radius 2 is 1.53 bits per heavy atom. The topological polar surface area (TPSA) is 35.6 Å². The first-order valence-corrected chi connectivity index (χ1v) is 12.7. The van der Waals surface area contributed by atoms with E-state index in [1.807, 2.05) is 6.20 Å². The standard InChI is InChI=1S/C32H24N4/c1-2-12-23(13-3-1)35-27-16-8-6-14-24(27)26-19-29-31(34-32(26)35)25-15-7-9-17-28(25)36(29)30-18-21-10-4-5-11-22(21)20-33-30/h1-2,5-9,11-12,14-20H,3-4,10,13H2. The van der Waals surface area contributed by atoms with E-state index in [-0.39, 0.29) is 0 Å². The van der Waals surface area contributed by atoms with Gasteiger partial charge in [0.15, 0.2) is 0 Å². The largest absolute Gasteiger partial charge is 0.298 e. The van der Waals surface area contributed by atoms with Gasteiger partial charge in [-0.25, -0.2) is 9.97 Å². The fraction of sp³-hybridized carbons (Fsp3) is 0.125. The molecule has 0 spiro atoms. The Balaban J connectivity index is 1.50. The van der Waals surface area contributed by atoms with Gasteiger partial charge in [0.1, 0.15) is 11.5 Å². The van der Waals surface area contributed by atoms with Gasteiger partial charge in [0.2, 0.25) is 0 Å². The number of nitrogens with zero attached hydrogens (tertiary/aromatic N) is 4. The average Bonchev–Trinajstić information content (AvgIpc) is 3.44. The quantitative estimate of drug-likeness (QED) is 0.262. The Kier molecular flexibility index (Phi) is 4.14. The zero-order valence-corrected chi connectivity index (χ0v) is 19.9. The van der Waals surface area contributed by atoms with Crippen molar-refractivity contribution in [3.05, 3.63) is 102 Å². The number of rotatable bonds is 2. The number of benzene rings is 2. The number of aromatic nitrogens is 4. The van der Waals surface area contributed by atoms with Crippen LogP contribution in [0.2, 0.25) is 0 Å². The van der Waals surface area contributed by atoms with E-state index in [1.54, 1.807) is 0 Å². The molecular weight excluding hydrogens is 440 g/mol. The number of hydrogen-bond donors (Lipinski definition) is 0. The Labute approximate surface area is 208 Å². The molecule has 36 heavy (non-hydrogen) atoms. The maximum Gasteiger partial charge on any atom is 0.146 e. The fourth-order valence-electron chi connectivity index (χ4n) is 5.99. The van der Waals surface area contributed by atoms with Crippen LogP contribution in [0.1, 0.15) is 30.4 Å². The van der Waals surface area contributed by atoms with Gasteiger partial charge in [0.25, 0.3) is 0 Å². The molecule has 4 nitrogen and oxygen atoms in total. The van der Waals surface area contributed by atoms with Crippen LogP contribution in [0, 0.1) is 0 Å². The highest BCUT2D eigenvalue weighted by atomic mass is 15.1. The van der Waals surface area contributed by atoms with Crippen molar-refractivity contribution in [1.29, 1.82) is 0 Å². The monoisotopic (exact) mass is 464 g/mol. The van der Waals surface area contributed by atoms with Crippen LogP contribution in [0.25, 0.3) is 61.5 Å². The molecule has 4 heteroatoms. The molecule has 2 aliphatic carbocycles. The molecule has 0 atom stereocenters. The van der Waals surface area contributed by atoms with Crippen LogP contribution in [0.4, 0.5) is 0 Å². The minimum Gasteiger partial charge on any atom is -0.298 e. The van der Waals surface area contributed by atoms with Crippen LogP contribution in [0.5, 0.6) is 0 Å². The van der Waals surface area contributed by atoms with Crippen molar-refractivity contribution in [1.82, 2.24) is 19.1 Å². The molecule has 0 aliphatic heterocycles. The third-order valence-electron chi connectivity index (χ3n) is 7.67. The molecule has 0 N–H and O–H groups in total. The lowest BCUT2D eigenvalue weighted by atomic mass is 9.99. The van der Waals surface area contributed by atoms with Gasteiger partial charge in [-0.1, -0.05) is 60.7 Å². The second kappa shape index (κ2) is 7.53. The van der Waals surface area contributed by atoms with Crippen LogP contribution < -0.4 is 0 Å². The number of allylic oxidation sites excluding steroid dienone is 5. The Morgan fingerprint density at radius 3 is 2.39 bits per heavy atom. The highest BCUT2D eigenvalue weighted by molar-refractivity contribution is 6.16. The van der Waals surface area contributed by atoms with Crippen molar-refractivity contribution < 1.29 is 0 Å². The van der Waals surface area contributed by atoms with Crippen LogP contribution in [-0.4, -0.2) is 19.1 Å². The van der Waals surface area contributed by atoms with E-state index < -0.39 is 0 Å². The molecule has 6 aromatic rings. The van der Waals surface area contributed by atoms with Gasteiger partial charge in [0.05, 0.1) is 22.1 Å². The highest BCUT2D eigenvalue weighted by Gasteiger charge is 2.21. The van der Waals surface area contributed by atoms with Gasteiger partial charge in [0, 0.05) is 28.1 Å². The molecule has 2 aromatic carbocycles. The van der Waals surface area contributed by atoms with E-state index in [0.29, 0.717) is 0 Å². The molecule has 0 unspecified atom stereocenters. The first-order valence-electron chi connectivity index (χ1n) is 12.7. The number of pyridine rings is 2. The third kappa shape index (κ3) is 2.75. The molecule has 0 fully saturated rings. The average molecular weight is 465 g/mol. The van der Waals surface area contributed by atoms with Crippen LogP contribution in [-0.2, 0) is 6.42 Å². The van der Waals surface area contributed by atoms with E-state index in [4.69, 9.17) is 9.97 Å². The Hall–Kier alpha value is -4.44. The van der Waals surface area contributed by atoms with E-state index >= 15 is 0 Å². The summed E-state index contributed by atoms with van der Waals surface area (Å²) in [6, 6.07) is 21.8. The van der Waals surface area contributed by atoms with Crippen LogP contribution in [0.3, 0.4) is 0 Å². The third-order valence-corrected chi connectivity index (χ3v) is 7.67. The normalized spacial score (nSPS) is 15.3. The van der Waals surface area contributed by atoms with Gasteiger partial charge in [-0.05, 0) is 67.2 Å². The number of fused-ring (bicyclic) bond motifs is 7. The summed E-state index contributed by atoms with van der Waals surface area (Å²) in [6.45, 7) is 0. The van der Waals surface area contributed by atoms with Crippen molar-refractivity contribution in [2.75, 3.05) is 0 Å². The molecular formula is C32H24N4. The summed E-state index contributed by atoms with van der Waals surface area (Å²) in [5.74, 6) is 0.959. The van der Waals surface area contributed by atoms with Crippen LogP contribution >= 0.6 is 0 Å². The van der Waals surface area contributed by atoms with Gasteiger partial charge in [-0.2, -0.15) is 0 Å². The van der Waals surface area contributed by atoms with E-state index in [0.717, 1.165) is 59.1 Å².